The van der Waals surface area contributed by atoms with E-state index in [0.29, 0.717) is 0 Å². The Labute approximate surface area is 205 Å². The summed E-state index contributed by atoms with van der Waals surface area (Å²) in [6.07, 6.45) is 14.2. The van der Waals surface area contributed by atoms with Crippen molar-refractivity contribution < 1.29 is 18.9 Å². The summed E-state index contributed by atoms with van der Waals surface area (Å²) in [5.41, 5.74) is 0. The summed E-state index contributed by atoms with van der Waals surface area (Å²) in [7, 11) is 2.09. The lowest BCUT2D eigenvalue weighted by molar-refractivity contribution is -0.144. The van der Waals surface area contributed by atoms with E-state index in [9.17, 15) is 0 Å². The Morgan fingerprint density at radius 1 is 0.438 bits per heavy atom. The van der Waals surface area contributed by atoms with Crippen LogP contribution in [0.5, 0.6) is 0 Å². The minimum absolute atomic E-state index is 0.0223. The Bertz CT molecular complexity index is 296. The molecule has 0 spiro atoms. The molecule has 0 rings (SSSR count). The van der Waals surface area contributed by atoms with Gasteiger partial charge in [0.2, 0.25) is 0 Å². The van der Waals surface area contributed by atoms with E-state index in [1.54, 1.807) is 0 Å². The van der Waals surface area contributed by atoms with Crippen molar-refractivity contribution in [2.24, 2.45) is 0 Å². The second-order valence-electron chi connectivity index (χ2n) is 8.54. The standard InChI is InChI=1S/C26H54O4Si2/c1-5-9-17-27-25(28-18-10-6-2)15-23-31-21-13-14-22-32-24-16-26(29-19-11-7-3)30-20-12-8-4/h25-26H,5-24H2,1-4H3. The Morgan fingerprint density at radius 2 is 0.750 bits per heavy atom. The van der Waals surface area contributed by atoms with Gasteiger partial charge >= 0.3 is 0 Å². The second-order valence-corrected chi connectivity index (χ2v) is 11.5. The molecule has 6 heteroatoms. The number of ether oxygens (including phenoxy) is 4. The van der Waals surface area contributed by atoms with Gasteiger partial charge in [-0.15, -0.1) is 0 Å². The van der Waals surface area contributed by atoms with Crippen molar-refractivity contribution in [2.45, 2.75) is 142 Å². The van der Waals surface area contributed by atoms with E-state index in [-0.39, 0.29) is 12.6 Å². The molecule has 190 valence electrons. The molecule has 0 saturated carbocycles. The summed E-state index contributed by atoms with van der Waals surface area (Å²) in [5, 5.41) is 0. The topological polar surface area (TPSA) is 36.9 Å². The zero-order valence-corrected chi connectivity index (χ0v) is 23.9. The van der Waals surface area contributed by atoms with Crippen LogP contribution in [0.3, 0.4) is 0 Å². The molecule has 0 aromatic carbocycles. The molecule has 4 radical (unpaired) electrons. The summed E-state index contributed by atoms with van der Waals surface area (Å²) in [6.45, 7) is 12.2. The molecule has 0 aliphatic rings. The fraction of sp³-hybridized carbons (Fsp3) is 1.00. The monoisotopic (exact) mass is 486 g/mol. The zero-order chi connectivity index (χ0) is 23.5. The van der Waals surface area contributed by atoms with Crippen LogP contribution in [0, 0.1) is 0 Å². The first-order valence-electron chi connectivity index (χ1n) is 13.7. The molecule has 0 saturated heterocycles. The third-order valence-electron chi connectivity index (χ3n) is 5.28. The minimum atomic E-state index is 0.0223. The Kier molecular flexibility index (Phi) is 27.8. The van der Waals surface area contributed by atoms with Gasteiger partial charge < -0.3 is 18.9 Å². The van der Waals surface area contributed by atoms with Crippen LogP contribution in [0.4, 0.5) is 0 Å². The first-order chi connectivity index (χ1) is 15.8. The summed E-state index contributed by atoms with van der Waals surface area (Å²) >= 11 is 0. The first-order valence-corrected chi connectivity index (χ1v) is 16.5. The fourth-order valence-corrected chi connectivity index (χ4v) is 5.44. The van der Waals surface area contributed by atoms with Crippen molar-refractivity contribution in [3.63, 3.8) is 0 Å². The van der Waals surface area contributed by atoms with Crippen LogP contribution in [0.2, 0.25) is 24.2 Å². The van der Waals surface area contributed by atoms with E-state index in [1.807, 2.05) is 0 Å². The van der Waals surface area contributed by atoms with Crippen molar-refractivity contribution in [1.82, 2.24) is 0 Å². The Balaban J connectivity index is 3.70. The molecule has 0 unspecified atom stereocenters. The summed E-state index contributed by atoms with van der Waals surface area (Å²) in [4.78, 5) is 0. The SMILES string of the molecule is CCCCOC(CC[Si]CCCC[Si]CCC(OCCCC)OCCCC)OCCCC. The van der Waals surface area contributed by atoms with Crippen LogP contribution in [0.1, 0.15) is 105 Å². The number of hydrogen-bond acceptors (Lipinski definition) is 4. The van der Waals surface area contributed by atoms with Crippen LogP contribution >= 0.6 is 0 Å². The van der Waals surface area contributed by atoms with Gasteiger partial charge in [0, 0.05) is 45.5 Å². The highest BCUT2D eigenvalue weighted by Crippen LogP contribution is 2.12. The highest BCUT2D eigenvalue weighted by atomic mass is 28.2. The van der Waals surface area contributed by atoms with Crippen LogP contribution in [-0.2, 0) is 18.9 Å². The van der Waals surface area contributed by atoms with E-state index in [2.05, 4.69) is 27.7 Å². The van der Waals surface area contributed by atoms with E-state index in [4.69, 9.17) is 18.9 Å². The maximum absolute atomic E-state index is 5.94. The van der Waals surface area contributed by atoms with E-state index < -0.39 is 0 Å². The molecule has 0 fully saturated rings. The fourth-order valence-electron chi connectivity index (χ4n) is 3.06. The average Bonchev–Trinajstić information content (AvgIpc) is 2.80. The lowest BCUT2D eigenvalue weighted by Crippen LogP contribution is -2.19. The second kappa shape index (κ2) is 27.5. The van der Waals surface area contributed by atoms with Crippen LogP contribution in [0.15, 0.2) is 0 Å². The van der Waals surface area contributed by atoms with Crippen molar-refractivity contribution in [2.75, 3.05) is 26.4 Å². The Morgan fingerprint density at radius 3 is 1.03 bits per heavy atom. The highest BCUT2D eigenvalue weighted by molar-refractivity contribution is 6.36. The van der Waals surface area contributed by atoms with Gasteiger partial charge in [-0.05, 0) is 38.5 Å². The van der Waals surface area contributed by atoms with E-state index in [0.717, 1.165) is 84.0 Å². The van der Waals surface area contributed by atoms with Gasteiger partial charge in [0.1, 0.15) is 0 Å². The molecule has 0 aromatic heterocycles. The van der Waals surface area contributed by atoms with Gasteiger partial charge in [0.05, 0.1) is 0 Å². The highest BCUT2D eigenvalue weighted by Gasteiger charge is 2.10. The third-order valence-corrected chi connectivity index (χ3v) is 7.98. The van der Waals surface area contributed by atoms with E-state index in [1.165, 1.54) is 62.7 Å². The molecule has 0 bridgehead atoms. The van der Waals surface area contributed by atoms with Crippen molar-refractivity contribution in [3.8, 4) is 0 Å². The van der Waals surface area contributed by atoms with Gasteiger partial charge in [-0.3, -0.25) is 0 Å². The quantitative estimate of drug-likeness (QED) is 0.0682. The summed E-state index contributed by atoms with van der Waals surface area (Å²) in [5.74, 6) is 0. The smallest absolute Gasteiger partial charge is 0.157 e. The summed E-state index contributed by atoms with van der Waals surface area (Å²) in [6, 6.07) is 5.22. The Hall–Kier alpha value is 0.274. The van der Waals surface area contributed by atoms with E-state index >= 15 is 0 Å². The molecule has 0 amide bonds. The number of unbranched alkanes of at least 4 members (excludes halogenated alkanes) is 5. The molecular formula is C26H54O4Si2. The molecule has 0 heterocycles. The van der Waals surface area contributed by atoms with Crippen LogP contribution in [0.25, 0.3) is 0 Å². The predicted octanol–water partition coefficient (Wildman–Crippen LogP) is 7.55. The van der Waals surface area contributed by atoms with Crippen molar-refractivity contribution >= 4 is 19.0 Å². The summed E-state index contributed by atoms with van der Waals surface area (Å²) < 4.78 is 23.8. The molecule has 0 atom stereocenters. The molecule has 0 aliphatic heterocycles. The lowest BCUT2D eigenvalue weighted by Gasteiger charge is -2.18. The van der Waals surface area contributed by atoms with Gasteiger partial charge in [-0.2, -0.15) is 0 Å². The largest absolute Gasteiger partial charge is 0.353 e. The predicted molar refractivity (Wildman–Crippen MR) is 140 cm³/mol. The lowest BCUT2D eigenvalue weighted by atomic mass is 10.3. The van der Waals surface area contributed by atoms with Crippen molar-refractivity contribution in [3.05, 3.63) is 0 Å². The first kappa shape index (κ1) is 32.3. The zero-order valence-electron chi connectivity index (χ0n) is 21.9. The number of rotatable bonds is 27. The molecule has 4 nitrogen and oxygen atoms in total. The minimum Gasteiger partial charge on any atom is -0.353 e. The molecule has 32 heavy (non-hydrogen) atoms. The molecule has 0 aliphatic carbocycles. The van der Waals surface area contributed by atoms with Gasteiger partial charge in [-0.25, -0.2) is 0 Å². The van der Waals surface area contributed by atoms with Gasteiger partial charge in [-0.1, -0.05) is 90.4 Å². The van der Waals surface area contributed by atoms with Crippen LogP contribution in [-0.4, -0.2) is 58.0 Å². The number of hydrogen-bond donors (Lipinski definition) is 0. The maximum atomic E-state index is 5.94. The van der Waals surface area contributed by atoms with Gasteiger partial charge in [0.25, 0.3) is 0 Å². The maximum Gasteiger partial charge on any atom is 0.157 e. The molecule has 0 aromatic rings. The third kappa shape index (κ3) is 23.4. The molecule has 0 N–H and O–H groups in total. The molecular weight excluding hydrogens is 432 g/mol. The normalized spacial score (nSPS) is 11.8. The average molecular weight is 487 g/mol. The van der Waals surface area contributed by atoms with Crippen molar-refractivity contribution in [1.29, 1.82) is 0 Å². The van der Waals surface area contributed by atoms with Crippen LogP contribution < -0.4 is 0 Å². The van der Waals surface area contributed by atoms with Gasteiger partial charge in [0.15, 0.2) is 12.6 Å².